The Balaban J connectivity index is 0. The summed E-state index contributed by atoms with van der Waals surface area (Å²) in [5, 5.41) is 0. The summed E-state index contributed by atoms with van der Waals surface area (Å²) in [6.45, 7) is 4.09. The molecule has 1 nitrogen and oxygen atoms in total. The molecule has 0 atom stereocenters. The van der Waals surface area contributed by atoms with Crippen molar-refractivity contribution in [2.75, 3.05) is 0 Å². The molecule has 57 valence electrons. The van der Waals surface area contributed by atoms with Crippen molar-refractivity contribution in [3.8, 4) is 0 Å². The molecule has 0 saturated heterocycles. The monoisotopic (exact) mass is 216 g/mol. The molecule has 0 spiro atoms. The Morgan fingerprint density at radius 1 is 1.40 bits per heavy atom. The second-order valence-electron chi connectivity index (χ2n) is 2.19. The third-order valence-corrected chi connectivity index (χ3v) is 1.19. The molecule has 0 aliphatic carbocycles. The number of hydrogen-bond donors (Lipinski definition) is 0. The summed E-state index contributed by atoms with van der Waals surface area (Å²) < 4.78 is 0. The molecule has 10 heavy (non-hydrogen) atoms. The Hall–Kier alpha value is 0.774. The van der Waals surface area contributed by atoms with Gasteiger partial charge >= 0.3 is 0 Å². The van der Waals surface area contributed by atoms with Gasteiger partial charge in [0.1, 0.15) is 5.78 Å². The Morgan fingerprint density at radius 2 is 2.00 bits per heavy atom. The fourth-order valence-electron chi connectivity index (χ4n) is 0.686. The van der Waals surface area contributed by atoms with Crippen molar-refractivity contribution in [1.29, 1.82) is 0 Å². The summed E-state index contributed by atoms with van der Waals surface area (Å²) in [7, 11) is 0. The van der Waals surface area contributed by atoms with E-state index in [1.54, 1.807) is 0 Å². The number of ketones is 1. The molecule has 0 N–H and O–H groups in total. The summed E-state index contributed by atoms with van der Waals surface area (Å²) in [4.78, 5) is 10.8. The molecule has 0 aromatic heterocycles. The molecule has 0 bridgehead atoms. The van der Waals surface area contributed by atoms with E-state index in [4.69, 9.17) is 0 Å². The smallest absolute Gasteiger partial charge is 0.103 e. The summed E-state index contributed by atoms with van der Waals surface area (Å²) in [5.41, 5.74) is 0. The summed E-state index contributed by atoms with van der Waals surface area (Å²) in [5.74, 6) is 0.374. The largest absolute Gasteiger partial charge is 0.322 e. The quantitative estimate of drug-likeness (QED) is 0.644. The summed E-state index contributed by atoms with van der Waals surface area (Å²) in [6.07, 6.45) is 5.44. The van der Waals surface area contributed by atoms with Crippen LogP contribution in [0.15, 0.2) is 0 Å². The number of Topliss-reactive ketones (excluding diaryl/α,β-unsaturated/α-hetero) is 1. The van der Waals surface area contributed by atoms with E-state index in [0.29, 0.717) is 12.2 Å². The summed E-state index contributed by atoms with van der Waals surface area (Å²) >= 11 is 0. The van der Waals surface area contributed by atoms with Crippen LogP contribution in [0, 0.1) is 6.42 Å². The molecule has 0 unspecified atom stereocenters. The Labute approximate surface area is 88.8 Å². The second-order valence-corrected chi connectivity index (χ2v) is 2.19. The minimum Gasteiger partial charge on any atom is -0.322 e. The second kappa shape index (κ2) is 9.77. The average Bonchev–Trinajstić information content (AvgIpc) is 1.85. The number of carbonyl (C=O) groups excluding carboxylic acids is 1. The molecule has 0 aromatic rings. The first-order chi connectivity index (χ1) is 4.31. The van der Waals surface area contributed by atoms with Crippen LogP contribution in [0.4, 0.5) is 0 Å². The molecular weight excluding hydrogens is 201 g/mol. The van der Waals surface area contributed by atoms with E-state index in [2.05, 4.69) is 6.92 Å². The first-order valence-corrected chi connectivity index (χ1v) is 3.64. The molecule has 2 heteroatoms. The van der Waals surface area contributed by atoms with Gasteiger partial charge in [-0.15, -0.1) is 6.42 Å². The van der Waals surface area contributed by atoms with Crippen LogP contribution in [0.2, 0.25) is 0 Å². The zero-order valence-corrected chi connectivity index (χ0v) is 9.73. The Morgan fingerprint density at radius 3 is 2.40 bits per heavy atom. The number of rotatable bonds is 5. The first-order valence-electron chi connectivity index (χ1n) is 3.64. The van der Waals surface area contributed by atoms with Crippen molar-refractivity contribution in [2.45, 2.75) is 39.5 Å². The van der Waals surface area contributed by atoms with Gasteiger partial charge < -0.3 is 11.2 Å². The van der Waals surface area contributed by atoms with Crippen LogP contribution in [0.3, 0.4) is 0 Å². The first kappa shape index (κ1) is 13.4. The third kappa shape index (κ3) is 8.77. The van der Waals surface area contributed by atoms with E-state index in [0.717, 1.165) is 19.3 Å². The van der Waals surface area contributed by atoms with Crippen molar-refractivity contribution in [2.24, 2.45) is 0 Å². The normalized spacial score (nSPS) is 8.60. The van der Waals surface area contributed by atoms with E-state index in [9.17, 15) is 4.79 Å². The van der Waals surface area contributed by atoms with Gasteiger partial charge in [-0.05, 0) is 6.42 Å². The van der Waals surface area contributed by atoms with Gasteiger partial charge in [-0.2, -0.15) is 6.42 Å². The predicted molar refractivity (Wildman–Crippen MR) is 39.1 cm³/mol. The van der Waals surface area contributed by atoms with E-state index in [1.165, 1.54) is 0 Å². The van der Waals surface area contributed by atoms with Crippen molar-refractivity contribution < 1.29 is 37.5 Å². The third-order valence-electron chi connectivity index (χ3n) is 1.19. The van der Waals surface area contributed by atoms with E-state index in [1.807, 2.05) is 13.3 Å². The molecule has 0 saturated carbocycles. The van der Waals surface area contributed by atoms with Gasteiger partial charge in [0.2, 0.25) is 0 Å². The van der Waals surface area contributed by atoms with Gasteiger partial charge in [-0.3, -0.25) is 0 Å². The Bertz CT molecular complexity index is 81.3. The fraction of sp³-hybridized carbons (Fsp3) is 0.750. The van der Waals surface area contributed by atoms with Crippen LogP contribution in [0.25, 0.3) is 0 Å². The van der Waals surface area contributed by atoms with E-state index < -0.39 is 0 Å². The van der Waals surface area contributed by atoms with Crippen LogP contribution in [-0.4, -0.2) is 5.78 Å². The molecule has 0 amide bonds. The van der Waals surface area contributed by atoms with Crippen molar-refractivity contribution in [1.82, 2.24) is 0 Å². The Kier molecular flexibility index (Phi) is 13.1. The molecule has 0 heterocycles. The zero-order valence-electron chi connectivity index (χ0n) is 6.89. The van der Waals surface area contributed by atoms with Gasteiger partial charge in [0, 0.05) is 39.1 Å². The summed E-state index contributed by atoms with van der Waals surface area (Å²) in [6, 6.07) is 0. The molecule has 0 aliphatic rings. The van der Waals surface area contributed by atoms with Crippen LogP contribution in [-0.2, 0) is 37.5 Å². The standard InChI is InChI=1S/C8H15O.Y/c1-3-5-7-8(9)6-4-2;/h5H,3-4,6-7H2,1-2H3;/q-1;. The number of unbranched alkanes of at least 4 members (excludes halogenated alkanes) is 1. The van der Waals surface area contributed by atoms with Crippen LogP contribution >= 0.6 is 0 Å². The molecule has 0 aromatic carbocycles. The maximum absolute atomic E-state index is 10.8. The maximum Gasteiger partial charge on any atom is 0.103 e. The van der Waals surface area contributed by atoms with Gasteiger partial charge in [0.05, 0.1) is 0 Å². The van der Waals surface area contributed by atoms with Crippen LogP contribution < -0.4 is 0 Å². The molecule has 0 rings (SSSR count). The van der Waals surface area contributed by atoms with Crippen molar-refractivity contribution >= 4 is 5.78 Å². The molecular formula is C8H15OY-. The molecule has 0 aliphatic heterocycles. The van der Waals surface area contributed by atoms with Gasteiger partial charge in [-0.25, -0.2) is 0 Å². The predicted octanol–water partition coefficient (Wildman–Crippen LogP) is 2.36. The van der Waals surface area contributed by atoms with Gasteiger partial charge in [0.15, 0.2) is 0 Å². The minimum absolute atomic E-state index is 0. The van der Waals surface area contributed by atoms with E-state index >= 15 is 0 Å². The maximum atomic E-state index is 10.8. The topological polar surface area (TPSA) is 17.1 Å². The molecule has 0 fully saturated rings. The van der Waals surface area contributed by atoms with Crippen LogP contribution in [0.5, 0.6) is 0 Å². The average molecular weight is 216 g/mol. The SMILES string of the molecule is CC[CH-]CC(=O)CCC.[Y]. The van der Waals surface area contributed by atoms with Gasteiger partial charge in [-0.1, -0.05) is 13.8 Å². The minimum atomic E-state index is 0. The molecule has 1 radical (unpaired) electrons. The number of carbonyl (C=O) groups is 1. The zero-order chi connectivity index (χ0) is 7.11. The number of hydrogen-bond acceptors (Lipinski definition) is 1. The van der Waals surface area contributed by atoms with Gasteiger partial charge in [0.25, 0.3) is 0 Å². The van der Waals surface area contributed by atoms with E-state index in [-0.39, 0.29) is 32.7 Å². The van der Waals surface area contributed by atoms with Crippen molar-refractivity contribution in [3.63, 3.8) is 0 Å². The van der Waals surface area contributed by atoms with Crippen molar-refractivity contribution in [3.05, 3.63) is 6.42 Å². The van der Waals surface area contributed by atoms with Crippen LogP contribution in [0.1, 0.15) is 39.5 Å². The fourth-order valence-corrected chi connectivity index (χ4v) is 0.686.